The Hall–Kier alpha value is -1.56. The fourth-order valence-electron chi connectivity index (χ4n) is 6.91. The molecule has 6 nitrogen and oxygen atoms in total. The van der Waals surface area contributed by atoms with E-state index in [1.54, 1.807) is 12.3 Å². The zero-order valence-electron chi connectivity index (χ0n) is 18.2. The van der Waals surface area contributed by atoms with E-state index < -0.39 is 0 Å². The second-order valence-electron chi connectivity index (χ2n) is 10.5. The van der Waals surface area contributed by atoms with Gasteiger partial charge in [0, 0.05) is 31.4 Å². The maximum absolute atomic E-state index is 13.5. The van der Waals surface area contributed by atoms with Crippen molar-refractivity contribution in [3.8, 4) is 0 Å². The highest BCUT2D eigenvalue weighted by Gasteiger charge is 2.51. The van der Waals surface area contributed by atoms with Crippen molar-refractivity contribution < 1.29 is 4.79 Å². The lowest BCUT2D eigenvalue weighted by atomic mass is 9.73. The van der Waals surface area contributed by atoms with Crippen LogP contribution < -0.4 is 10.2 Å². The van der Waals surface area contributed by atoms with E-state index in [-0.39, 0.29) is 17.6 Å². The maximum atomic E-state index is 13.5. The van der Waals surface area contributed by atoms with E-state index in [9.17, 15) is 4.79 Å². The zero-order chi connectivity index (χ0) is 20.9. The number of nitrogens with zero attached hydrogens (tertiary/aromatic N) is 4. The second kappa shape index (κ2) is 7.85. The number of aromatic nitrogens is 2. The highest BCUT2D eigenvalue weighted by molar-refractivity contribution is 6.29. The first-order valence-electron chi connectivity index (χ1n) is 11.7. The molecule has 30 heavy (non-hydrogen) atoms. The number of amides is 2. The number of carbonyl (C=O) groups is 1. The van der Waals surface area contributed by atoms with Crippen LogP contribution in [0.25, 0.3) is 0 Å². The Morgan fingerprint density at radius 1 is 1.27 bits per heavy atom. The molecule has 4 aliphatic rings. The van der Waals surface area contributed by atoms with Crippen molar-refractivity contribution in [2.45, 2.75) is 70.4 Å². The molecule has 0 aromatic carbocycles. The van der Waals surface area contributed by atoms with Gasteiger partial charge in [-0.3, -0.25) is 0 Å². The summed E-state index contributed by atoms with van der Waals surface area (Å²) in [6, 6.07) is 1.97. The lowest BCUT2D eigenvalue weighted by molar-refractivity contribution is 0.115. The molecule has 5 rings (SSSR count). The summed E-state index contributed by atoms with van der Waals surface area (Å²) in [5.41, 5.74) is 0.0324. The van der Waals surface area contributed by atoms with Crippen LogP contribution >= 0.6 is 11.6 Å². The first-order valence-corrected chi connectivity index (χ1v) is 12.1. The summed E-state index contributed by atoms with van der Waals surface area (Å²) in [6.07, 6.45) is 10.7. The number of hydrogen-bond donors (Lipinski definition) is 1. The SMILES string of the molecule is CC(C)C1CN(c2nccc(Cl)n2)CCN1C(=O)NC12CCCC3CC(CC3C1)C2. The Labute approximate surface area is 184 Å². The fourth-order valence-corrected chi connectivity index (χ4v) is 7.04. The monoisotopic (exact) mass is 431 g/mol. The van der Waals surface area contributed by atoms with Gasteiger partial charge in [-0.25, -0.2) is 14.8 Å². The Morgan fingerprint density at radius 3 is 2.90 bits per heavy atom. The van der Waals surface area contributed by atoms with Gasteiger partial charge in [0.15, 0.2) is 0 Å². The van der Waals surface area contributed by atoms with Crippen LogP contribution in [0.15, 0.2) is 12.3 Å². The second-order valence-corrected chi connectivity index (χ2v) is 10.9. The number of fused-ring (bicyclic) bond motifs is 2. The number of anilines is 1. The van der Waals surface area contributed by atoms with Crippen molar-refractivity contribution in [2.24, 2.45) is 23.7 Å². The Kier molecular flexibility index (Phi) is 5.32. The van der Waals surface area contributed by atoms with Gasteiger partial charge in [-0.1, -0.05) is 38.3 Å². The van der Waals surface area contributed by atoms with Crippen molar-refractivity contribution in [3.05, 3.63) is 17.4 Å². The third-order valence-corrected chi connectivity index (χ3v) is 8.42. The Morgan fingerprint density at radius 2 is 2.10 bits per heavy atom. The van der Waals surface area contributed by atoms with Crippen molar-refractivity contribution in [1.82, 2.24) is 20.2 Å². The number of halogens is 1. The van der Waals surface area contributed by atoms with Crippen LogP contribution in [0.3, 0.4) is 0 Å². The van der Waals surface area contributed by atoms with Crippen LogP contribution in [-0.4, -0.2) is 52.1 Å². The predicted octanol–water partition coefficient (Wildman–Crippen LogP) is 4.35. The topological polar surface area (TPSA) is 61.4 Å². The van der Waals surface area contributed by atoms with Gasteiger partial charge in [0.2, 0.25) is 5.95 Å². The van der Waals surface area contributed by atoms with E-state index in [2.05, 4.69) is 38.9 Å². The zero-order valence-corrected chi connectivity index (χ0v) is 18.9. The van der Waals surface area contributed by atoms with E-state index in [1.807, 2.05) is 0 Å². The molecule has 2 heterocycles. The lowest BCUT2D eigenvalue weighted by Crippen LogP contribution is -2.63. The first-order chi connectivity index (χ1) is 14.4. The average molecular weight is 432 g/mol. The molecule has 0 radical (unpaired) electrons. The molecule has 2 amide bonds. The van der Waals surface area contributed by atoms with Crippen molar-refractivity contribution in [1.29, 1.82) is 0 Å². The van der Waals surface area contributed by atoms with E-state index in [0.717, 1.165) is 37.3 Å². The van der Waals surface area contributed by atoms with E-state index in [4.69, 9.17) is 11.6 Å². The quantitative estimate of drug-likeness (QED) is 0.723. The number of piperazine rings is 1. The minimum absolute atomic E-state index is 0.0324. The van der Waals surface area contributed by atoms with Gasteiger partial charge >= 0.3 is 6.03 Å². The summed E-state index contributed by atoms with van der Waals surface area (Å²) in [7, 11) is 0. The van der Waals surface area contributed by atoms with Crippen LogP contribution in [0.5, 0.6) is 0 Å². The lowest BCUT2D eigenvalue weighted by Gasteiger charge is -2.46. The van der Waals surface area contributed by atoms with Gasteiger partial charge in [0.05, 0.1) is 6.04 Å². The third-order valence-electron chi connectivity index (χ3n) is 8.21. The molecular formula is C23H34ClN5O. The molecule has 164 valence electrons. The molecular weight excluding hydrogens is 398 g/mol. The number of nitrogens with one attached hydrogen (secondary N) is 1. The van der Waals surface area contributed by atoms with Crippen molar-refractivity contribution in [3.63, 3.8) is 0 Å². The maximum Gasteiger partial charge on any atom is 0.318 e. The van der Waals surface area contributed by atoms with Crippen LogP contribution in [-0.2, 0) is 0 Å². The molecule has 1 aromatic heterocycles. The van der Waals surface area contributed by atoms with Crippen LogP contribution in [0.1, 0.15) is 58.8 Å². The molecule has 0 spiro atoms. The van der Waals surface area contributed by atoms with Gasteiger partial charge in [-0.15, -0.1) is 0 Å². The summed E-state index contributed by atoms with van der Waals surface area (Å²) in [6.45, 7) is 6.56. The molecule has 3 aliphatic carbocycles. The third kappa shape index (κ3) is 3.76. The first kappa shape index (κ1) is 20.3. The fraction of sp³-hybridized carbons (Fsp3) is 0.783. The van der Waals surface area contributed by atoms with Gasteiger partial charge in [-0.2, -0.15) is 0 Å². The molecule has 1 N–H and O–H groups in total. The molecule has 5 unspecified atom stereocenters. The smallest absolute Gasteiger partial charge is 0.318 e. The number of urea groups is 1. The number of carbonyl (C=O) groups excluding carboxylic acids is 1. The molecule has 1 aliphatic heterocycles. The molecule has 4 fully saturated rings. The normalized spacial score (nSPS) is 35.6. The van der Waals surface area contributed by atoms with E-state index in [0.29, 0.717) is 23.6 Å². The highest BCUT2D eigenvalue weighted by atomic mass is 35.5. The predicted molar refractivity (Wildman–Crippen MR) is 119 cm³/mol. The van der Waals surface area contributed by atoms with Gasteiger partial charge in [0.25, 0.3) is 0 Å². The standard InChI is InChI=1S/C23H34ClN5O/c1-15(2)19-14-28(21-25-7-5-20(24)26-21)8-9-29(19)22(30)27-23-6-3-4-17-10-16(12-23)11-18(17)13-23/h5,7,15-19H,3-4,6,8-14H2,1-2H3,(H,27,30). The average Bonchev–Trinajstić information content (AvgIpc) is 2.94. The Balaban J connectivity index is 1.30. The van der Waals surface area contributed by atoms with Gasteiger partial charge in [0.1, 0.15) is 5.15 Å². The van der Waals surface area contributed by atoms with Crippen LogP contribution in [0, 0.1) is 23.7 Å². The number of hydrogen-bond acceptors (Lipinski definition) is 4. The van der Waals surface area contributed by atoms with Gasteiger partial charge < -0.3 is 15.1 Å². The van der Waals surface area contributed by atoms with E-state index in [1.165, 1.54) is 38.5 Å². The summed E-state index contributed by atoms with van der Waals surface area (Å²) < 4.78 is 0. The molecule has 7 heteroatoms. The summed E-state index contributed by atoms with van der Waals surface area (Å²) >= 11 is 6.08. The molecule has 5 atom stereocenters. The van der Waals surface area contributed by atoms with Crippen molar-refractivity contribution >= 4 is 23.6 Å². The van der Waals surface area contributed by atoms with Crippen LogP contribution in [0.4, 0.5) is 10.7 Å². The molecule has 1 saturated heterocycles. The summed E-state index contributed by atoms with van der Waals surface area (Å²) in [5, 5.41) is 4.05. The largest absolute Gasteiger partial charge is 0.337 e. The van der Waals surface area contributed by atoms with Gasteiger partial charge in [-0.05, 0) is 61.8 Å². The molecule has 3 bridgehead atoms. The Bertz CT molecular complexity index is 804. The molecule has 3 saturated carbocycles. The van der Waals surface area contributed by atoms with Crippen molar-refractivity contribution in [2.75, 3.05) is 24.5 Å². The molecule has 1 aromatic rings. The summed E-state index contributed by atoms with van der Waals surface area (Å²) in [4.78, 5) is 26.6. The summed E-state index contributed by atoms with van der Waals surface area (Å²) in [5.74, 6) is 3.60. The number of rotatable bonds is 3. The highest BCUT2D eigenvalue weighted by Crippen LogP contribution is 2.55. The van der Waals surface area contributed by atoms with E-state index >= 15 is 0 Å². The minimum atomic E-state index is 0.0324. The van der Waals surface area contributed by atoms with Crippen LogP contribution in [0.2, 0.25) is 5.15 Å². The minimum Gasteiger partial charge on any atom is -0.337 e.